The quantitative estimate of drug-likeness (QED) is 0.870. The van der Waals surface area contributed by atoms with Crippen molar-refractivity contribution in [3.05, 3.63) is 35.9 Å². The maximum absolute atomic E-state index is 12.6. The third kappa shape index (κ3) is 6.22. The maximum atomic E-state index is 12.6. The molecule has 0 bridgehead atoms. The average Bonchev–Trinajstić information content (AvgIpc) is 2.98. The number of alkyl carbamates (subject to hydrolysis) is 1. The molecule has 0 aromatic heterocycles. The van der Waals surface area contributed by atoms with Gasteiger partial charge in [-0.2, -0.15) is 0 Å². The lowest BCUT2D eigenvalue weighted by Crippen LogP contribution is -2.51. The minimum Gasteiger partial charge on any atom is -0.444 e. The van der Waals surface area contributed by atoms with Crippen LogP contribution in [-0.2, 0) is 16.0 Å². The number of carbonyl (C=O) groups is 2. The van der Waals surface area contributed by atoms with Crippen molar-refractivity contribution >= 4 is 12.0 Å². The van der Waals surface area contributed by atoms with Crippen LogP contribution in [-0.4, -0.2) is 29.7 Å². The van der Waals surface area contributed by atoms with Crippen molar-refractivity contribution in [3.8, 4) is 0 Å². The Hall–Kier alpha value is -2.04. The molecular weight excluding hydrogens is 304 g/mol. The van der Waals surface area contributed by atoms with Crippen LogP contribution in [0.25, 0.3) is 0 Å². The summed E-state index contributed by atoms with van der Waals surface area (Å²) < 4.78 is 5.30. The van der Waals surface area contributed by atoms with Gasteiger partial charge in [0.15, 0.2) is 0 Å². The second kappa shape index (κ2) is 8.18. The average molecular weight is 332 g/mol. The topological polar surface area (TPSA) is 67.4 Å². The molecule has 2 rings (SSSR count). The highest BCUT2D eigenvalue weighted by atomic mass is 16.6. The molecule has 1 saturated carbocycles. The Morgan fingerprint density at radius 3 is 2.38 bits per heavy atom. The predicted molar refractivity (Wildman–Crippen MR) is 93.7 cm³/mol. The smallest absolute Gasteiger partial charge is 0.408 e. The lowest BCUT2D eigenvalue weighted by Gasteiger charge is -2.24. The van der Waals surface area contributed by atoms with Gasteiger partial charge in [-0.15, -0.1) is 0 Å². The van der Waals surface area contributed by atoms with Crippen LogP contribution in [0.4, 0.5) is 4.79 Å². The molecule has 132 valence electrons. The summed E-state index contributed by atoms with van der Waals surface area (Å²) in [5.74, 6) is -0.142. The molecule has 1 atom stereocenters. The van der Waals surface area contributed by atoms with Crippen LogP contribution in [0.3, 0.4) is 0 Å². The Kier molecular flexibility index (Phi) is 6.23. The van der Waals surface area contributed by atoms with Gasteiger partial charge in [-0.25, -0.2) is 4.79 Å². The number of hydrogen-bond donors (Lipinski definition) is 2. The first-order valence-electron chi connectivity index (χ1n) is 8.67. The summed E-state index contributed by atoms with van der Waals surface area (Å²) in [6.07, 6.45) is 4.19. The lowest BCUT2D eigenvalue weighted by atomic mass is 10.0. The van der Waals surface area contributed by atoms with Crippen molar-refractivity contribution in [2.24, 2.45) is 0 Å². The standard InChI is InChI=1S/C19H28N2O3/c1-19(2,3)24-18(23)21-16(13-14-9-5-4-6-10-14)17(22)20-15-11-7-8-12-15/h4-6,9-10,15-16H,7-8,11-13H2,1-3H3,(H,20,22)(H,21,23)/t16-/m1/s1. The van der Waals surface area contributed by atoms with Crippen molar-refractivity contribution in [2.45, 2.75) is 70.6 Å². The second-order valence-corrected chi connectivity index (χ2v) is 7.38. The normalized spacial score (nSPS) is 16.5. The van der Waals surface area contributed by atoms with Crippen molar-refractivity contribution in [3.63, 3.8) is 0 Å². The zero-order chi connectivity index (χ0) is 17.6. The van der Waals surface area contributed by atoms with E-state index in [4.69, 9.17) is 4.74 Å². The highest BCUT2D eigenvalue weighted by molar-refractivity contribution is 5.86. The largest absolute Gasteiger partial charge is 0.444 e. The minimum atomic E-state index is -0.636. The van der Waals surface area contributed by atoms with Gasteiger partial charge in [-0.1, -0.05) is 43.2 Å². The Bertz CT molecular complexity index is 545. The van der Waals surface area contributed by atoms with Gasteiger partial charge < -0.3 is 15.4 Å². The van der Waals surface area contributed by atoms with Gasteiger partial charge in [0.25, 0.3) is 0 Å². The van der Waals surface area contributed by atoms with Crippen LogP contribution in [0, 0.1) is 0 Å². The maximum Gasteiger partial charge on any atom is 0.408 e. The number of benzene rings is 1. The van der Waals surface area contributed by atoms with E-state index in [2.05, 4.69) is 10.6 Å². The van der Waals surface area contributed by atoms with E-state index in [1.54, 1.807) is 20.8 Å². The number of rotatable bonds is 5. The molecule has 1 aliphatic carbocycles. The fourth-order valence-electron chi connectivity index (χ4n) is 2.88. The molecule has 1 aromatic carbocycles. The highest BCUT2D eigenvalue weighted by Gasteiger charge is 2.27. The summed E-state index contributed by atoms with van der Waals surface area (Å²) in [5.41, 5.74) is 0.406. The van der Waals surface area contributed by atoms with Crippen molar-refractivity contribution in [2.75, 3.05) is 0 Å². The monoisotopic (exact) mass is 332 g/mol. The van der Waals surface area contributed by atoms with Crippen LogP contribution in [0.15, 0.2) is 30.3 Å². The first-order chi connectivity index (χ1) is 11.3. The first-order valence-corrected chi connectivity index (χ1v) is 8.67. The fraction of sp³-hybridized carbons (Fsp3) is 0.579. The SMILES string of the molecule is CC(C)(C)OC(=O)N[C@H](Cc1ccccc1)C(=O)NC1CCCC1. The van der Waals surface area contributed by atoms with Gasteiger partial charge >= 0.3 is 6.09 Å². The molecule has 24 heavy (non-hydrogen) atoms. The minimum absolute atomic E-state index is 0.142. The van der Waals surface area contributed by atoms with E-state index in [9.17, 15) is 9.59 Å². The van der Waals surface area contributed by atoms with E-state index in [1.807, 2.05) is 30.3 Å². The molecular formula is C19H28N2O3. The molecule has 0 spiro atoms. The van der Waals surface area contributed by atoms with Gasteiger partial charge in [0, 0.05) is 12.5 Å². The number of hydrogen-bond acceptors (Lipinski definition) is 3. The third-order valence-corrected chi connectivity index (χ3v) is 3.99. The van der Waals surface area contributed by atoms with Crippen LogP contribution in [0.1, 0.15) is 52.0 Å². The predicted octanol–water partition coefficient (Wildman–Crippen LogP) is 3.18. The number of carbonyl (C=O) groups excluding carboxylic acids is 2. The van der Waals surface area contributed by atoms with Crippen LogP contribution < -0.4 is 10.6 Å². The molecule has 5 heteroatoms. The number of amides is 2. The summed E-state index contributed by atoms with van der Waals surface area (Å²) in [4.78, 5) is 24.7. The zero-order valence-electron chi connectivity index (χ0n) is 14.8. The molecule has 5 nitrogen and oxygen atoms in total. The van der Waals surface area contributed by atoms with E-state index in [1.165, 1.54) is 0 Å². The molecule has 1 fully saturated rings. The summed E-state index contributed by atoms with van der Waals surface area (Å²) in [6.45, 7) is 5.41. The molecule has 1 aromatic rings. The zero-order valence-corrected chi connectivity index (χ0v) is 14.8. The number of nitrogens with one attached hydrogen (secondary N) is 2. The summed E-state index contributed by atoms with van der Waals surface area (Å²) in [6, 6.07) is 9.26. The van der Waals surface area contributed by atoms with Gasteiger partial charge in [-0.3, -0.25) is 4.79 Å². The van der Waals surface area contributed by atoms with E-state index in [-0.39, 0.29) is 11.9 Å². The van der Waals surface area contributed by atoms with Gasteiger partial charge in [-0.05, 0) is 39.2 Å². The summed E-state index contributed by atoms with van der Waals surface area (Å²) >= 11 is 0. The molecule has 0 aliphatic heterocycles. The van der Waals surface area contributed by atoms with E-state index in [0.717, 1.165) is 31.2 Å². The molecule has 0 unspecified atom stereocenters. The molecule has 0 heterocycles. The molecule has 2 amide bonds. The van der Waals surface area contributed by atoms with Gasteiger partial charge in [0.05, 0.1) is 0 Å². The Morgan fingerprint density at radius 1 is 1.17 bits per heavy atom. The number of ether oxygens (including phenoxy) is 1. The van der Waals surface area contributed by atoms with Crippen LogP contribution in [0.5, 0.6) is 0 Å². The summed E-state index contributed by atoms with van der Waals surface area (Å²) in [7, 11) is 0. The van der Waals surface area contributed by atoms with Gasteiger partial charge in [0.2, 0.25) is 5.91 Å². The van der Waals surface area contributed by atoms with Crippen LogP contribution >= 0.6 is 0 Å². The highest BCUT2D eigenvalue weighted by Crippen LogP contribution is 2.18. The van der Waals surface area contributed by atoms with Crippen molar-refractivity contribution in [1.29, 1.82) is 0 Å². The Labute approximate surface area is 144 Å². The molecule has 0 radical (unpaired) electrons. The van der Waals surface area contributed by atoms with Gasteiger partial charge in [0.1, 0.15) is 11.6 Å². The second-order valence-electron chi connectivity index (χ2n) is 7.38. The summed E-state index contributed by atoms with van der Waals surface area (Å²) in [5, 5.41) is 5.78. The Balaban J connectivity index is 2.02. The fourth-order valence-corrected chi connectivity index (χ4v) is 2.88. The molecule has 2 N–H and O–H groups in total. The molecule has 0 saturated heterocycles. The van der Waals surface area contributed by atoms with Crippen LogP contribution in [0.2, 0.25) is 0 Å². The third-order valence-electron chi connectivity index (χ3n) is 3.99. The van der Waals surface area contributed by atoms with Crippen molar-refractivity contribution in [1.82, 2.24) is 10.6 Å². The van der Waals surface area contributed by atoms with E-state index in [0.29, 0.717) is 6.42 Å². The van der Waals surface area contributed by atoms with Crippen molar-refractivity contribution < 1.29 is 14.3 Å². The Morgan fingerprint density at radius 2 is 1.79 bits per heavy atom. The lowest BCUT2D eigenvalue weighted by molar-refractivity contribution is -0.123. The molecule has 1 aliphatic rings. The first kappa shape index (κ1) is 18.3. The van der Waals surface area contributed by atoms with E-state index < -0.39 is 17.7 Å². The van der Waals surface area contributed by atoms with E-state index >= 15 is 0 Å².